The SMILES string of the molecule is C[C@@H](O)[C@H](C(N)=O)N1CC2(CCC(=O)N2)C1. The number of amides is 2. The fraction of sp³-hybridized carbons (Fsp3) is 0.800. The number of rotatable bonds is 3. The number of nitrogens with one attached hydrogen (secondary N) is 1. The van der Waals surface area contributed by atoms with Gasteiger partial charge >= 0.3 is 0 Å². The van der Waals surface area contributed by atoms with Crippen molar-refractivity contribution in [2.45, 2.75) is 37.5 Å². The van der Waals surface area contributed by atoms with E-state index in [4.69, 9.17) is 5.73 Å². The third-order valence-corrected chi connectivity index (χ3v) is 3.39. The second kappa shape index (κ2) is 3.71. The van der Waals surface area contributed by atoms with Gasteiger partial charge in [-0.1, -0.05) is 0 Å². The largest absolute Gasteiger partial charge is 0.391 e. The minimum Gasteiger partial charge on any atom is -0.391 e. The first-order valence-electron chi connectivity index (χ1n) is 5.46. The van der Waals surface area contributed by atoms with E-state index in [9.17, 15) is 14.7 Å². The maximum atomic E-state index is 11.2. The van der Waals surface area contributed by atoms with Gasteiger partial charge in [-0.05, 0) is 13.3 Å². The van der Waals surface area contributed by atoms with Crippen LogP contribution in [0.3, 0.4) is 0 Å². The highest BCUT2D eigenvalue weighted by Gasteiger charge is 2.51. The van der Waals surface area contributed by atoms with E-state index in [0.717, 1.165) is 6.42 Å². The molecule has 0 aromatic heterocycles. The van der Waals surface area contributed by atoms with Crippen LogP contribution < -0.4 is 11.1 Å². The fourth-order valence-corrected chi connectivity index (χ4v) is 2.66. The van der Waals surface area contributed by atoms with E-state index in [1.165, 1.54) is 0 Å². The molecule has 0 bridgehead atoms. The molecule has 2 heterocycles. The summed E-state index contributed by atoms with van der Waals surface area (Å²) in [7, 11) is 0. The lowest BCUT2D eigenvalue weighted by Gasteiger charge is -2.51. The van der Waals surface area contributed by atoms with E-state index in [1.54, 1.807) is 6.92 Å². The lowest BCUT2D eigenvalue weighted by Crippen LogP contribution is -2.72. The summed E-state index contributed by atoms with van der Waals surface area (Å²) < 4.78 is 0. The van der Waals surface area contributed by atoms with Crippen LogP contribution in [-0.4, -0.2) is 52.6 Å². The molecule has 2 fully saturated rings. The molecule has 6 heteroatoms. The Labute approximate surface area is 93.8 Å². The summed E-state index contributed by atoms with van der Waals surface area (Å²) in [5.41, 5.74) is 5.05. The molecule has 4 N–H and O–H groups in total. The van der Waals surface area contributed by atoms with Crippen molar-refractivity contribution in [3.63, 3.8) is 0 Å². The van der Waals surface area contributed by atoms with Crippen molar-refractivity contribution in [1.82, 2.24) is 10.2 Å². The first-order chi connectivity index (χ1) is 7.43. The Morgan fingerprint density at radius 2 is 2.25 bits per heavy atom. The second-order valence-electron chi connectivity index (χ2n) is 4.82. The number of likely N-dealkylation sites (tertiary alicyclic amines) is 1. The molecule has 2 aliphatic heterocycles. The molecule has 0 aromatic carbocycles. The third-order valence-electron chi connectivity index (χ3n) is 3.39. The maximum Gasteiger partial charge on any atom is 0.237 e. The summed E-state index contributed by atoms with van der Waals surface area (Å²) in [6.07, 6.45) is 0.559. The number of hydrogen-bond acceptors (Lipinski definition) is 4. The standard InChI is InChI=1S/C10H17N3O3/c1-6(14)8(9(11)16)13-4-10(5-13)3-2-7(15)12-10/h6,8,14H,2-5H2,1H3,(H2,11,16)(H,12,15)/t6-,8-/m1/s1. The molecule has 2 rings (SSSR count). The number of aliphatic hydroxyl groups is 1. The molecule has 0 aromatic rings. The highest BCUT2D eigenvalue weighted by molar-refractivity contribution is 5.82. The van der Waals surface area contributed by atoms with Crippen molar-refractivity contribution in [3.8, 4) is 0 Å². The van der Waals surface area contributed by atoms with Crippen molar-refractivity contribution in [2.24, 2.45) is 5.73 Å². The molecule has 0 unspecified atom stereocenters. The van der Waals surface area contributed by atoms with Crippen molar-refractivity contribution in [3.05, 3.63) is 0 Å². The number of aliphatic hydroxyl groups excluding tert-OH is 1. The van der Waals surface area contributed by atoms with E-state index in [2.05, 4.69) is 5.32 Å². The van der Waals surface area contributed by atoms with Crippen LogP contribution in [0.2, 0.25) is 0 Å². The van der Waals surface area contributed by atoms with Gasteiger partial charge in [0, 0.05) is 19.5 Å². The van der Waals surface area contributed by atoms with Crippen LogP contribution in [-0.2, 0) is 9.59 Å². The van der Waals surface area contributed by atoms with Gasteiger partial charge in [-0.15, -0.1) is 0 Å². The summed E-state index contributed by atoms with van der Waals surface area (Å²) >= 11 is 0. The van der Waals surface area contributed by atoms with Gasteiger partial charge in [-0.2, -0.15) is 0 Å². The molecule has 0 aliphatic carbocycles. The minimum absolute atomic E-state index is 0.0623. The van der Waals surface area contributed by atoms with E-state index < -0.39 is 18.1 Å². The smallest absolute Gasteiger partial charge is 0.237 e. The third kappa shape index (κ3) is 1.78. The Morgan fingerprint density at radius 1 is 1.62 bits per heavy atom. The monoisotopic (exact) mass is 227 g/mol. The van der Waals surface area contributed by atoms with Gasteiger partial charge in [0.15, 0.2) is 0 Å². The van der Waals surface area contributed by atoms with Gasteiger partial charge in [0.05, 0.1) is 11.6 Å². The van der Waals surface area contributed by atoms with Crippen LogP contribution >= 0.6 is 0 Å². The molecule has 0 saturated carbocycles. The number of primary amides is 1. The number of carbonyl (C=O) groups excluding carboxylic acids is 2. The zero-order valence-electron chi connectivity index (χ0n) is 9.27. The molecular formula is C10H17N3O3. The molecule has 90 valence electrons. The van der Waals surface area contributed by atoms with Crippen molar-refractivity contribution >= 4 is 11.8 Å². The molecule has 16 heavy (non-hydrogen) atoms. The molecule has 2 aliphatic rings. The molecule has 2 atom stereocenters. The average molecular weight is 227 g/mol. The van der Waals surface area contributed by atoms with E-state index in [-0.39, 0.29) is 11.4 Å². The van der Waals surface area contributed by atoms with E-state index in [1.807, 2.05) is 4.90 Å². The molecule has 6 nitrogen and oxygen atoms in total. The van der Waals surface area contributed by atoms with Gasteiger partial charge < -0.3 is 16.2 Å². The van der Waals surface area contributed by atoms with Gasteiger partial charge in [0.2, 0.25) is 11.8 Å². The van der Waals surface area contributed by atoms with Crippen LogP contribution in [0, 0.1) is 0 Å². The summed E-state index contributed by atoms with van der Waals surface area (Å²) in [6.45, 7) is 2.74. The van der Waals surface area contributed by atoms with E-state index in [0.29, 0.717) is 19.5 Å². The normalized spacial score (nSPS) is 27.2. The van der Waals surface area contributed by atoms with Crippen LogP contribution in [0.5, 0.6) is 0 Å². The van der Waals surface area contributed by atoms with E-state index >= 15 is 0 Å². The predicted octanol–water partition coefficient (Wildman–Crippen LogP) is -1.81. The average Bonchev–Trinajstić information content (AvgIpc) is 2.45. The quantitative estimate of drug-likeness (QED) is 0.529. The first kappa shape index (κ1) is 11.3. The highest BCUT2D eigenvalue weighted by Crippen LogP contribution is 2.32. The summed E-state index contributed by atoms with van der Waals surface area (Å²) in [4.78, 5) is 24.1. The van der Waals surface area contributed by atoms with Crippen LogP contribution in [0.15, 0.2) is 0 Å². The number of nitrogens with zero attached hydrogens (tertiary/aromatic N) is 1. The van der Waals surface area contributed by atoms with Gasteiger partial charge in [-0.3, -0.25) is 14.5 Å². The van der Waals surface area contributed by atoms with Crippen LogP contribution in [0.1, 0.15) is 19.8 Å². The zero-order chi connectivity index (χ0) is 11.9. The summed E-state index contributed by atoms with van der Waals surface area (Å²) in [5, 5.41) is 12.4. The van der Waals surface area contributed by atoms with Gasteiger partial charge in [-0.25, -0.2) is 0 Å². The number of nitrogens with two attached hydrogens (primary N) is 1. The Balaban J connectivity index is 1.96. The van der Waals surface area contributed by atoms with Crippen LogP contribution in [0.4, 0.5) is 0 Å². The Morgan fingerprint density at radius 3 is 2.62 bits per heavy atom. The number of hydrogen-bond donors (Lipinski definition) is 3. The lowest BCUT2D eigenvalue weighted by atomic mass is 9.86. The molecule has 1 spiro atoms. The predicted molar refractivity (Wildman–Crippen MR) is 56.3 cm³/mol. The topological polar surface area (TPSA) is 95.7 Å². The summed E-state index contributed by atoms with van der Waals surface area (Å²) in [5.74, 6) is -0.457. The van der Waals surface area contributed by atoms with Crippen molar-refractivity contribution < 1.29 is 14.7 Å². The molecule has 2 saturated heterocycles. The zero-order valence-corrected chi connectivity index (χ0v) is 9.27. The molecule has 0 radical (unpaired) electrons. The van der Waals surface area contributed by atoms with Crippen LogP contribution in [0.25, 0.3) is 0 Å². The number of carbonyl (C=O) groups is 2. The Kier molecular flexibility index (Phi) is 2.63. The van der Waals surface area contributed by atoms with Gasteiger partial charge in [0.25, 0.3) is 0 Å². The van der Waals surface area contributed by atoms with Crippen molar-refractivity contribution in [1.29, 1.82) is 0 Å². The minimum atomic E-state index is -0.785. The maximum absolute atomic E-state index is 11.2. The molecular weight excluding hydrogens is 210 g/mol. The molecule has 2 amide bonds. The highest BCUT2D eigenvalue weighted by atomic mass is 16.3. The lowest BCUT2D eigenvalue weighted by molar-refractivity contribution is -0.133. The van der Waals surface area contributed by atoms with Gasteiger partial charge in [0.1, 0.15) is 6.04 Å². The second-order valence-corrected chi connectivity index (χ2v) is 4.82. The first-order valence-corrected chi connectivity index (χ1v) is 5.46. The Hall–Kier alpha value is -1.14. The summed E-state index contributed by atoms with van der Waals surface area (Å²) in [6, 6.07) is -0.650. The Bertz CT molecular complexity index is 323. The fourth-order valence-electron chi connectivity index (χ4n) is 2.66. The van der Waals surface area contributed by atoms with Crippen molar-refractivity contribution in [2.75, 3.05) is 13.1 Å².